The lowest BCUT2D eigenvalue weighted by Gasteiger charge is -2.14. The zero-order chi connectivity index (χ0) is 16.1. The summed E-state index contributed by atoms with van der Waals surface area (Å²) in [6, 6.07) is 13.3. The molecule has 0 aliphatic carbocycles. The monoisotopic (exact) mass is 298 g/mol. The molecule has 2 N–H and O–H groups in total. The fourth-order valence-electron chi connectivity index (χ4n) is 2.29. The molecule has 0 amide bonds. The number of hydrogen-bond donors (Lipinski definition) is 2. The lowest BCUT2D eigenvalue weighted by atomic mass is 10.1. The van der Waals surface area contributed by atoms with Gasteiger partial charge in [0.1, 0.15) is 0 Å². The quantitative estimate of drug-likeness (QED) is 0.858. The van der Waals surface area contributed by atoms with E-state index < -0.39 is 5.97 Å². The second-order valence-electron chi connectivity index (χ2n) is 5.73. The molecule has 0 atom stereocenters. The van der Waals surface area contributed by atoms with Crippen LogP contribution in [0.3, 0.4) is 0 Å². The third kappa shape index (κ3) is 4.33. The van der Waals surface area contributed by atoms with Gasteiger partial charge in [-0.1, -0.05) is 18.2 Å². The standard InChI is InChI=1S/C18H22N2O2/c1-13-10-17(9-8-16(13)12-20(2)3)19-11-14-4-6-15(7-5-14)18(21)22/h4-10,19H,11-12H2,1-3H3,(H,21,22). The third-order valence-electron chi connectivity index (χ3n) is 3.53. The zero-order valence-corrected chi connectivity index (χ0v) is 13.3. The molecule has 0 saturated carbocycles. The summed E-state index contributed by atoms with van der Waals surface area (Å²) in [5, 5.41) is 12.3. The predicted molar refractivity (Wildman–Crippen MR) is 89.3 cm³/mol. The maximum atomic E-state index is 10.8. The van der Waals surface area contributed by atoms with E-state index in [2.05, 4.69) is 49.4 Å². The number of nitrogens with one attached hydrogen (secondary N) is 1. The normalized spacial score (nSPS) is 10.7. The Labute approximate surface area is 131 Å². The van der Waals surface area contributed by atoms with Crippen LogP contribution in [0.1, 0.15) is 27.0 Å². The second-order valence-corrected chi connectivity index (χ2v) is 5.73. The number of hydrogen-bond acceptors (Lipinski definition) is 3. The number of carbonyl (C=O) groups is 1. The summed E-state index contributed by atoms with van der Waals surface area (Å²) in [5.74, 6) is -0.897. The molecule has 4 heteroatoms. The molecule has 2 aromatic carbocycles. The minimum atomic E-state index is -0.897. The molecule has 0 bridgehead atoms. The molecule has 2 aromatic rings. The van der Waals surface area contributed by atoms with Gasteiger partial charge < -0.3 is 15.3 Å². The average molecular weight is 298 g/mol. The molecule has 116 valence electrons. The van der Waals surface area contributed by atoms with E-state index in [9.17, 15) is 4.79 Å². The van der Waals surface area contributed by atoms with Crippen LogP contribution < -0.4 is 5.32 Å². The summed E-state index contributed by atoms with van der Waals surface area (Å²) in [7, 11) is 4.12. The number of benzene rings is 2. The van der Waals surface area contributed by atoms with Crippen LogP contribution in [0.15, 0.2) is 42.5 Å². The Morgan fingerprint density at radius 1 is 1.14 bits per heavy atom. The second kappa shape index (κ2) is 7.09. The molecule has 2 rings (SSSR count). The van der Waals surface area contributed by atoms with E-state index in [-0.39, 0.29) is 0 Å². The fourth-order valence-corrected chi connectivity index (χ4v) is 2.29. The highest BCUT2D eigenvalue weighted by molar-refractivity contribution is 5.87. The SMILES string of the molecule is Cc1cc(NCc2ccc(C(=O)O)cc2)ccc1CN(C)C. The molecule has 0 unspecified atom stereocenters. The Bertz CT molecular complexity index is 649. The van der Waals surface area contributed by atoms with Crippen molar-refractivity contribution in [1.29, 1.82) is 0 Å². The summed E-state index contributed by atoms with van der Waals surface area (Å²) in [5.41, 5.74) is 5.02. The van der Waals surface area contributed by atoms with Gasteiger partial charge in [-0.3, -0.25) is 0 Å². The topological polar surface area (TPSA) is 52.6 Å². The van der Waals surface area contributed by atoms with Crippen LogP contribution >= 0.6 is 0 Å². The number of rotatable bonds is 6. The lowest BCUT2D eigenvalue weighted by molar-refractivity contribution is 0.0697. The third-order valence-corrected chi connectivity index (χ3v) is 3.53. The van der Waals surface area contributed by atoms with Gasteiger partial charge in [-0.2, -0.15) is 0 Å². The van der Waals surface area contributed by atoms with E-state index in [0.717, 1.165) is 17.8 Å². The number of anilines is 1. The van der Waals surface area contributed by atoms with Crippen LogP contribution in [-0.4, -0.2) is 30.1 Å². The van der Waals surface area contributed by atoms with E-state index in [4.69, 9.17) is 5.11 Å². The summed E-state index contributed by atoms with van der Waals surface area (Å²) in [6.45, 7) is 3.72. The van der Waals surface area contributed by atoms with Crippen molar-refractivity contribution in [2.24, 2.45) is 0 Å². The molecule has 0 saturated heterocycles. The van der Waals surface area contributed by atoms with E-state index >= 15 is 0 Å². The summed E-state index contributed by atoms with van der Waals surface area (Å²) in [6.07, 6.45) is 0. The van der Waals surface area contributed by atoms with Crippen molar-refractivity contribution in [3.63, 3.8) is 0 Å². The molecule has 0 heterocycles. The van der Waals surface area contributed by atoms with Gasteiger partial charge in [-0.05, 0) is 62.0 Å². The van der Waals surface area contributed by atoms with Gasteiger partial charge in [0, 0.05) is 18.8 Å². The van der Waals surface area contributed by atoms with Crippen molar-refractivity contribution >= 4 is 11.7 Å². The van der Waals surface area contributed by atoms with Crippen LogP contribution in [0.25, 0.3) is 0 Å². The van der Waals surface area contributed by atoms with Crippen LogP contribution in [0.4, 0.5) is 5.69 Å². The summed E-state index contributed by atoms with van der Waals surface area (Å²) in [4.78, 5) is 13.0. The first-order chi connectivity index (χ1) is 10.5. The van der Waals surface area contributed by atoms with Crippen LogP contribution in [-0.2, 0) is 13.1 Å². The van der Waals surface area contributed by atoms with E-state index in [1.165, 1.54) is 11.1 Å². The van der Waals surface area contributed by atoms with Crippen molar-refractivity contribution in [3.8, 4) is 0 Å². The van der Waals surface area contributed by atoms with Gasteiger partial charge in [0.15, 0.2) is 0 Å². The first-order valence-corrected chi connectivity index (χ1v) is 7.26. The highest BCUT2D eigenvalue weighted by Crippen LogP contribution is 2.17. The molecule has 22 heavy (non-hydrogen) atoms. The average Bonchev–Trinajstić information content (AvgIpc) is 2.47. The molecule has 0 aromatic heterocycles. The molecular weight excluding hydrogens is 276 g/mol. The van der Waals surface area contributed by atoms with Gasteiger partial charge in [-0.25, -0.2) is 4.79 Å². The minimum absolute atomic E-state index is 0.313. The zero-order valence-electron chi connectivity index (χ0n) is 13.3. The smallest absolute Gasteiger partial charge is 0.335 e. The van der Waals surface area contributed by atoms with Crippen LogP contribution in [0.5, 0.6) is 0 Å². The van der Waals surface area contributed by atoms with Crippen molar-refractivity contribution in [2.75, 3.05) is 19.4 Å². The van der Waals surface area contributed by atoms with Gasteiger partial charge in [-0.15, -0.1) is 0 Å². The molecule has 0 spiro atoms. The van der Waals surface area contributed by atoms with Crippen molar-refractivity contribution < 1.29 is 9.90 Å². The van der Waals surface area contributed by atoms with Crippen molar-refractivity contribution in [3.05, 3.63) is 64.7 Å². The maximum absolute atomic E-state index is 10.8. The Hall–Kier alpha value is -2.33. The van der Waals surface area contributed by atoms with Gasteiger partial charge in [0.25, 0.3) is 0 Å². The molecule has 0 aliphatic heterocycles. The van der Waals surface area contributed by atoms with E-state index in [1.807, 2.05) is 12.1 Å². The number of carboxylic acid groups (broad SMARTS) is 1. The number of carboxylic acids is 1. The van der Waals surface area contributed by atoms with E-state index in [1.54, 1.807) is 12.1 Å². The summed E-state index contributed by atoms with van der Waals surface area (Å²) < 4.78 is 0. The highest BCUT2D eigenvalue weighted by Gasteiger charge is 2.03. The first kappa shape index (κ1) is 16.0. The van der Waals surface area contributed by atoms with Crippen molar-refractivity contribution in [2.45, 2.75) is 20.0 Å². The molecular formula is C18H22N2O2. The summed E-state index contributed by atoms with van der Waals surface area (Å²) >= 11 is 0. The molecule has 4 nitrogen and oxygen atoms in total. The van der Waals surface area contributed by atoms with Gasteiger partial charge in [0.2, 0.25) is 0 Å². The van der Waals surface area contributed by atoms with E-state index in [0.29, 0.717) is 12.1 Å². The first-order valence-electron chi connectivity index (χ1n) is 7.26. The number of nitrogens with zero attached hydrogens (tertiary/aromatic N) is 1. The Morgan fingerprint density at radius 3 is 2.36 bits per heavy atom. The molecule has 0 fully saturated rings. The minimum Gasteiger partial charge on any atom is -0.478 e. The highest BCUT2D eigenvalue weighted by atomic mass is 16.4. The van der Waals surface area contributed by atoms with Crippen LogP contribution in [0.2, 0.25) is 0 Å². The molecule has 0 aliphatic rings. The van der Waals surface area contributed by atoms with Crippen molar-refractivity contribution in [1.82, 2.24) is 4.90 Å². The predicted octanol–water partition coefficient (Wildman–Crippen LogP) is 3.37. The lowest BCUT2D eigenvalue weighted by Crippen LogP contribution is -2.11. The molecule has 0 radical (unpaired) electrons. The Balaban J connectivity index is 1.99. The fraction of sp³-hybridized carbons (Fsp3) is 0.278. The maximum Gasteiger partial charge on any atom is 0.335 e. The van der Waals surface area contributed by atoms with Gasteiger partial charge in [0.05, 0.1) is 5.56 Å². The van der Waals surface area contributed by atoms with Gasteiger partial charge >= 0.3 is 5.97 Å². The van der Waals surface area contributed by atoms with Crippen LogP contribution in [0, 0.1) is 6.92 Å². The number of aryl methyl sites for hydroxylation is 1. The largest absolute Gasteiger partial charge is 0.478 e. The number of aromatic carboxylic acids is 1. The Morgan fingerprint density at radius 2 is 1.82 bits per heavy atom. The Kier molecular flexibility index (Phi) is 5.17.